The van der Waals surface area contributed by atoms with E-state index in [0.29, 0.717) is 10.8 Å². The Balaban J connectivity index is 1.24. The van der Waals surface area contributed by atoms with E-state index in [9.17, 15) is 14.4 Å². The molecule has 0 radical (unpaired) electrons. The first-order valence-electron chi connectivity index (χ1n) is 8.73. The van der Waals surface area contributed by atoms with E-state index in [0.717, 1.165) is 11.3 Å². The number of allylic oxidation sites excluding steroid dienone is 2. The monoisotopic (exact) mass is 374 g/mol. The Labute approximate surface area is 156 Å². The van der Waals surface area contributed by atoms with Gasteiger partial charge in [0.05, 0.1) is 18.4 Å². The van der Waals surface area contributed by atoms with Crippen molar-refractivity contribution < 1.29 is 19.1 Å². The lowest BCUT2D eigenvalue weighted by atomic mass is 9.85. The van der Waals surface area contributed by atoms with Gasteiger partial charge < -0.3 is 10.1 Å². The molecule has 0 aromatic heterocycles. The van der Waals surface area contributed by atoms with Crippen LogP contribution >= 0.6 is 11.6 Å². The van der Waals surface area contributed by atoms with Crippen molar-refractivity contribution in [2.75, 3.05) is 19.7 Å². The molecule has 6 nitrogen and oxygen atoms in total. The van der Waals surface area contributed by atoms with Crippen molar-refractivity contribution >= 4 is 29.3 Å². The third-order valence-electron chi connectivity index (χ3n) is 5.37. The molecule has 1 heterocycles. The summed E-state index contributed by atoms with van der Waals surface area (Å²) in [7, 11) is 0. The molecule has 1 saturated heterocycles. The van der Waals surface area contributed by atoms with Crippen LogP contribution in [-0.4, -0.2) is 42.3 Å². The third kappa shape index (κ3) is 2.98. The molecule has 136 valence electrons. The number of nitrogens with zero attached hydrogens (tertiary/aromatic N) is 1. The van der Waals surface area contributed by atoms with Crippen molar-refractivity contribution in [2.45, 2.75) is 6.42 Å². The minimum Gasteiger partial charge on any atom is -0.492 e. The molecule has 4 unspecified atom stereocenters. The molecule has 26 heavy (non-hydrogen) atoms. The fourth-order valence-corrected chi connectivity index (χ4v) is 4.34. The maximum absolute atomic E-state index is 12.5. The predicted molar refractivity (Wildman–Crippen MR) is 94.4 cm³/mol. The summed E-state index contributed by atoms with van der Waals surface area (Å²) in [4.78, 5) is 38.3. The molecule has 1 aliphatic heterocycles. The Hall–Kier alpha value is -2.34. The summed E-state index contributed by atoms with van der Waals surface area (Å²) in [6.07, 6.45) is 4.96. The van der Waals surface area contributed by atoms with Gasteiger partial charge in [-0.25, -0.2) is 0 Å². The van der Waals surface area contributed by atoms with Crippen molar-refractivity contribution in [3.8, 4) is 5.75 Å². The molecule has 4 atom stereocenters. The summed E-state index contributed by atoms with van der Waals surface area (Å²) in [6, 6.07) is 6.93. The van der Waals surface area contributed by atoms with E-state index in [1.165, 1.54) is 0 Å². The van der Waals surface area contributed by atoms with Gasteiger partial charge in [-0.3, -0.25) is 19.3 Å². The smallest absolute Gasteiger partial charge is 0.240 e. The zero-order chi connectivity index (χ0) is 18.3. The van der Waals surface area contributed by atoms with Crippen molar-refractivity contribution in [1.29, 1.82) is 0 Å². The molecular weight excluding hydrogens is 356 g/mol. The SMILES string of the molecule is O=C(CN1C(=O)C2C3C=CC(C3)C2C1=O)NCCOc1ccc(Cl)cc1. The number of rotatable bonds is 6. The Morgan fingerprint density at radius 1 is 1.12 bits per heavy atom. The number of amides is 3. The molecule has 4 rings (SSSR count). The largest absolute Gasteiger partial charge is 0.492 e. The van der Waals surface area contributed by atoms with Crippen LogP contribution in [0.4, 0.5) is 0 Å². The number of carbonyl (C=O) groups excluding carboxylic acids is 3. The Morgan fingerprint density at radius 2 is 1.73 bits per heavy atom. The first-order valence-corrected chi connectivity index (χ1v) is 9.11. The number of carbonyl (C=O) groups is 3. The number of nitrogens with one attached hydrogen (secondary N) is 1. The standard InChI is InChI=1S/C19H19ClN2O4/c20-13-3-5-14(6-4-13)26-8-7-21-15(23)10-22-18(24)16-11-1-2-12(9-11)17(16)19(22)25/h1-6,11-12,16-17H,7-10H2,(H,21,23). The minimum absolute atomic E-state index is 0.155. The van der Waals surface area contributed by atoms with Crippen LogP contribution < -0.4 is 10.1 Å². The predicted octanol–water partition coefficient (Wildman–Crippen LogP) is 1.64. The molecule has 1 aromatic carbocycles. The lowest BCUT2D eigenvalue weighted by Gasteiger charge is -2.16. The lowest BCUT2D eigenvalue weighted by Crippen LogP contribution is -2.42. The van der Waals surface area contributed by atoms with E-state index in [-0.39, 0.29) is 61.1 Å². The number of imide groups is 1. The number of hydrogen-bond donors (Lipinski definition) is 1. The second kappa shape index (κ2) is 6.76. The number of fused-ring (bicyclic) bond motifs is 5. The van der Waals surface area contributed by atoms with E-state index < -0.39 is 0 Å². The highest BCUT2D eigenvalue weighted by Crippen LogP contribution is 2.52. The molecule has 3 aliphatic rings. The van der Waals surface area contributed by atoms with Gasteiger partial charge in [-0.05, 0) is 42.5 Å². The molecule has 1 saturated carbocycles. The maximum atomic E-state index is 12.5. The van der Waals surface area contributed by atoms with E-state index in [2.05, 4.69) is 5.32 Å². The Kier molecular flexibility index (Phi) is 4.44. The molecule has 1 N–H and O–H groups in total. The first kappa shape index (κ1) is 17.1. The molecule has 2 bridgehead atoms. The van der Waals surface area contributed by atoms with Gasteiger partial charge in [-0.1, -0.05) is 23.8 Å². The second-order valence-electron chi connectivity index (χ2n) is 6.91. The summed E-state index contributed by atoms with van der Waals surface area (Å²) in [5.41, 5.74) is 0. The highest BCUT2D eigenvalue weighted by atomic mass is 35.5. The Morgan fingerprint density at radius 3 is 2.35 bits per heavy atom. The average molecular weight is 375 g/mol. The van der Waals surface area contributed by atoms with Crippen LogP contribution in [0.5, 0.6) is 5.75 Å². The average Bonchev–Trinajstić information content (AvgIpc) is 3.30. The quantitative estimate of drug-likeness (QED) is 0.466. The van der Waals surface area contributed by atoms with E-state index in [1.807, 2.05) is 12.2 Å². The van der Waals surface area contributed by atoms with Gasteiger partial charge >= 0.3 is 0 Å². The molecule has 2 aliphatic carbocycles. The normalized spacial score (nSPS) is 28.6. The van der Waals surface area contributed by atoms with Gasteiger partial charge in [0.15, 0.2) is 0 Å². The van der Waals surface area contributed by atoms with Gasteiger partial charge in [-0.15, -0.1) is 0 Å². The van der Waals surface area contributed by atoms with Crippen molar-refractivity contribution in [2.24, 2.45) is 23.7 Å². The number of benzene rings is 1. The highest BCUT2D eigenvalue weighted by molar-refractivity contribution is 6.30. The third-order valence-corrected chi connectivity index (χ3v) is 5.62. The second-order valence-corrected chi connectivity index (χ2v) is 7.35. The summed E-state index contributed by atoms with van der Waals surface area (Å²) in [6.45, 7) is 0.358. The fourth-order valence-electron chi connectivity index (χ4n) is 4.21. The van der Waals surface area contributed by atoms with E-state index in [1.54, 1.807) is 24.3 Å². The summed E-state index contributed by atoms with van der Waals surface area (Å²) < 4.78 is 5.49. The highest BCUT2D eigenvalue weighted by Gasteiger charge is 2.59. The first-order chi connectivity index (χ1) is 12.5. The summed E-state index contributed by atoms with van der Waals surface area (Å²) >= 11 is 5.80. The van der Waals surface area contributed by atoms with Crippen molar-refractivity contribution in [3.05, 3.63) is 41.4 Å². The van der Waals surface area contributed by atoms with Crippen molar-refractivity contribution in [1.82, 2.24) is 10.2 Å². The van der Waals surface area contributed by atoms with Crippen LogP contribution in [0.15, 0.2) is 36.4 Å². The lowest BCUT2D eigenvalue weighted by molar-refractivity contribution is -0.144. The molecule has 1 aromatic rings. The molecule has 0 spiro atoms. The number of likely N-dealkylation sites (tertiary alicyclic amines) is 1. The zero-order valence-electron chi connectivity index (χ0n) is 14.1. The van der Waals surface area contributed by atoms with Crippen LogP contribution in [0.1, 0.15) is 6.42 Å². The van der Waals surface area contributed by atoms with Crippen molar-refractivity contribution in [3.63, 3.8) is 0 Å². The van der Waals surface area contributed by atoms with Crippen LogP contribution in [0.25, 0.3) is 0 Å². The van der Waals surface area contributed by atoms with Gasteiger partial charge in [0.1, 0.15) is 18.9 Å². The number of halogens is 1. The van der Waals surface area contributed by atoms with Crippen LogP contribution in [0.2, 0.25) is 5.02 Å². The van der Waals surface area contributed by atoms with Crippen LogP contribution in [-0.2, 0) is 14.4 Å². The van der Waals surface area contributed by atoms with Crippen LogP contribution in [0, 0.1) is 23.7 Å². The van der Waals surface area contributed by atoms with Gasteiger partial charge in [0.2, 0.25) is 17.7 Å². The topological polar surface area (TPSA) is 75.7 Å². The van der Waals surface area contributed by atoms with Crippen LogP contribution in [0.3, 0.4) is 0 Å². The summed E-state index contributed by atoms with van der Waals surface area (Å²) in [5.74, 6) is -0.327. The minimum atomic E-state index is -0.355. The molecule has 7 heteroatoms. The fraction of sp³-hybridized carbons (Fsp3) is 0.421. The van der Waals surface area contributed by atoms with Gasteiger partial charge in [0.25, 0.3) is 0 Å². The molecular formula is C19H19ClN2O4. The zero-order valence-corrected chi connectivity index (χ0v) is 14.8. The molecule has 2 fully saturated rings. The molecule has 3 amide bonds. The van der Waals surface area contributed by atoms with E-state index in [4.69, 9.17) is 16.3 Å². The van der Waals surface area contributed by atoms with Gasteiger partial charge in [-0.2, -0.15) is 0 Å². The Bertz CT molecular complexity index is 746. The summed E-state index contributed by atoms with van der Waals surface area (Å²) in [5, 5.41) is 3.31. The van der Waals surface area contributed by atoms with Gasteiger partial charge in [0, 0.05) is 5.02 Å². The van der Waals surface area contributed by atoms with E-state index >= 15 is 0 Å². The maximum Gasteiger partial charge on any atom is 0.240 e. The number of ether oxygens (including phenoxy) is 1. The number of hydrogen-bond acceptors (Lipinski definition) is 4.